The highest BCUT2D eigenvalue weighted by Crippen LogP contribution is 2.21. The van der Waals surface area contributed by atoms with Crippen LogP contribution in [0.3, 0.4) is 0 Å². The molecule has 0 aliphatic heterocycles. The third-order valence-corrected chi connectivity index (χ3v) is 5.66. The maximum atomic E-state index is 13.8. The van der Waals surface area contributed by atoms with Gasteiger partial charge in [0.15, 0.2) is 0 Å². The maximum Gasteiger partial charge on any atom is 0.234 e. The molecule has 0 spiro atoms. The quantitative estimate of drug-likeness (QED) is 0.362. The molecule has 8 heteroatoms. The lowest BCUT2D eigenvalue weighted by molar-refractivity contribution is -0.117. The number of carbonyl (C=O) groups excluding carboxylic acids is 1. The molecule has 0 radical (unpaired) electrons. The predicted octanol–water partition coefficient (Wildman–Crippen LogP) is 4.05. The molecule has 2 aromatic heterocycles. The number of halogens is 1. The molecule has 0 saturated heterocycles. The molecule has 0 saturated carbocycles. The van der Waals surface area contributed by atoms with Crippen molar-refractivity contribution in [1.29, 1.82) is 5.26 Å². The van der Waals surface area contributed by atoms with Gasteiger partial charge >= 0.3 is 0 Å². The number of pyridine rings is 1. The number of nitrogens with one attached hydrogen (secondary N) is 2. The second-order valence-electron chi connectivity index (χ2n) is 8.17. The van der Waals surface area contributed by atoms with Crippen LogP contribution in [0.5, 0.6) is 0 Å². The minimum Gasteiger partial charge on any atom is -0.315 e. The van der Waals surface area contributed by atoms with Gasteiger partial charge in [0, 0.05) is 37.1 Å². The van der Waals surface area contributed by atoms with Gasteiger partial charge in [0.05, 0.1) is 17.7 Å². The van der Waals surface area contributed by atoms with Crippen LogP contribution in [0.2, 0.25) is 0 Å². The molecule has 0 bridgehead atoms. The molecule has 2 aromatic carbocycles. The number of hydrogen-bond donors (Lipinski definition) is 2. The van der Waals surface area contributed by atoms with E-state index in [1.165, 1.54) is 12.1 Å². The van der Waals surface area contributed by atoms with E-state index in [0.717, 1.165) is 22.3 Å². The highest BCUT2D eigenvalue weighted by atomic mass is 19.1. The number of anilines is 1. The van der Waals surface area contributed by atoms with E-state index in [9.17, 15) is 9.18 Å². The Morgan fingerprint density at radius 1 is 1.11 bits per heavy atom. The first kappa shape index (κ1) is 23.8. The van der Waals surface area contributed by atoms with Crippen molar-refractivity contribution in [3.8, 4) is 17.2 Å². The standard InChI is InChI=1S/C27H25FN6O/c1-34-18-23(16-32-34)22-9-10-26(31-15-22)33-27(35)24(20-5-3-2-4-6-20)17-30-12-11-19-7-8-21(14-29)25(28)13-19/h2-10,13,15-16,18,24,30H,11-12,17H2,1H3,(H,31,33,35). The minimum absolute atomic E-state index is 0.0320. The van der Waals surface area contributed by atoms with E-state index in [1.54, 1.807) is 29.2 Å². The van der Waals surface area contributed by atoms with Crippen molar-refractivity contribution < 1.29 is 9.18 Å². The van der Waals surface area contributed by atoms with Gasteiger partial charge in [-0.25, -0.2) is 9.37 Å². The highest BCUT2D eigenvalue weighted by Gasteiger charge is 2.21. The predicted molar refractivity (Wildman–Crippen MR) is 132 cm³/mol. The molecule has 7 nitrogen and oxygen atoms in total. The van der Waals surface area contributed by atoms with E-state index >= 15 is 0 Å². The average Bonchev–Trinajstić information content (AvgIpc) is 3.31. The summed E-state index contributed by atoms with van der Waals surface area (Å²) in [5, 5.41) is 19.3. The van der Waals surface area contributed by atoms with Crippen LogP contribution in [0.25, 0.3) is 11.1 Å². The molecule has 0 aliphatic rings. The van der Waals surface area contributed by atoms with Gasteiger partial charge in [-0.2, -0.15) is 10.4 Å². The lowest BCUT2D eigenvalue weighted by atomic mass is 9.98. The number of benzene rings is 2. The van der Waals surface area contributed by atoms with Gasteiger partial charge in [0.1, 0.15) is 17.7 Å². The van der Waals surface area contributed by atoms with Crippen molar-refractivity contribution in [2.45, 2.75) is 12.3 Å². The summed E-state index contributed by atoms with van der Waals surface area (Å²) in [5.74, 6) is -0.659. The average molecular weight is 469 g/mol. The Morgan fingerprint density at radius 2 is 1.94 bits per heavy atom. The summed E-state index contributed by atoms with van der Waals surface area (Å²) in [5.41, 5.74) is 3.56. The van der Waals surface area contributed by atoms with Gasteiger partial charge in [-0.1, -0.05) is 36.4 Å². The summed E-state index contributed by atoms with van der Waals surface area (Å²) in [6, 6.07) is 19.6. The SMILES string of the molecule is Cn1cc(-c2ccc(NC(=O)C(CNCCc3ccc(C#N)c(F)c3)c3ccccc3)nc2)cn1. The Labute approximate surface area is 203 Å². The van der Waals surface area contributed by atoms with Crippen molar-refractivity contribution in [3.05, 3.63) is 102 Å². The zero-order valence-electron chi connectivity index (χ0n) is 19.3. The van der Waals surface area contributed by atoms with Crippen LogP contribution in [0, 0.1) is 17.1 Å². The molecule has 2 heterocycles. The molecule has 1 unspecified atom stereocenters. The summed E-state index contributed by atoms with van der Waals surface area (Å²) in [7, 11) is 1.85. The summed E-state index contributed by atoms with van der Waals surface area (Å²) < 4.78 is 15.6. The van der Waals surface area contributed by atoms with Crippen LogP contribution < -0.4 is 10.6 Å². The number of aromatic nitrogens is 3. The first-order valence-corrected chi connectivity index (χ1v) is 11.2. The zero-order valence-corrected chi connectivity index (χ0v) is 19.3. The second kappa shape index (κ2) is 11.2. The zero-order chi connectivity index (χ0) is 24.6. The number of carbonyl (C=O) groups is 1. The molecule has 4 aromatic rings. The van der Waals surface area contributed by atoms with E-state index in [4.69, 9.17) is 5.26 Å². The van der Waals surface area contributed by atoms with Gasteiger partial charge in [0.25, 0.3) is 0 Å². The third kappa shape index (κ3) is 6.16. The molecule has 1 atom stereocenters. The van der Waals surface area contributed by atoms with E-state index in [-0.39, 0.29) is 11.5 Å². The first-order valence-electron chi connectivity index (χ1n) is 11.2. The van der Waals surface area contributed by atoms with Crippen LogP contribution >= 0.6 is 0 Å². The van der Waals surface area contributed by atoms with Crippen molar-refractivity contribution >= 4 is 11.7 Å². The maximum absolute atomic E-state index is 13.8. The fourth-order valence-corrected chi connectivity index (χ4v) is 3.75. The van der Waals surface area contributed by atoms with Gasteiger partial charge in [-0.05, 0) is 48.4 Å². The molecule has 35 heavy (non-hydrogen) atoms. The molecule has 2 N–H and O–H groups in total. The molecular weight excluding hydrogens is 443 g/mol. The van der Waals surface area contributed by atoms with Crippen LogP contribution in [-0.4, -0.2) is 33.8 Å². The fraction of sp³-hybridized carbons (Fsp3) is 0.185. The largest absolute Gasteiger partial charge is 0.315 e. The highest BCUT2D eigenvalue weighted by molar-refractivity contribution is 5.95. The van der Waals surface area contributed by atoms with E-state index < -0.39 is 11.7 Å². The van der Waals surface area contributed by atoms with Crippen LogP contribution in [-0.2, 0) is 18.3 Å². The molecule has 0 aliphatic carbocycles. The number of aryl methyl sites for hydroxylation is 1. The third-order valence-electron chi connectivity index (χ3n) is 5.66. The Kier molecular flexibility index (Phi) is 7.60. The molecule has 176 valence electrons. The Hall–Kier alpha value is -4.35. The fourth-order valence-electron chi connectivity index (χ4n) is 3.75. The number of amides is 1. The van der Waals surface area contributed by atoms with E-state index in [1.807, 2.05) is 55.7 Å². The van der Waals surface area contributed by atoms with Crippen molar-refractivity contribution in [2.24, 2.45) is 7.05 Å². The Morgan fingerprint density at radius 3 is 2.60 bits per heavy atom. The van der Waals surface area contributed by atoms with Gasteiger partial charge in [-0.15, -0.1) is 0 Å². The topological polar surface area (TPSA) is 95.6 Å². The summed E-state index contributed by atoms with van der Waals surface area (Å²) in [6.45, 7) is 0.961. The van der Waals surface area contributed by atoms with Crippen LogP contribution in [0.4, 0.5) is 10.2 Å². The summed E-state index contributed by atoms with van der Waals surface area (Å²) >= 11 is 0. The Balaban J connectivity index is 1.38. The first-order chi connectivity index (χ1) is 17.0. The summed E-state index contributed by atoms with van der Waals surface area (Å²) in [6.07, 6.45) is 5.94. The monoisotopic (exact) mass is 468 g/mol. The lowest BCUT2D eigenvalue weighted by Crippen LogP contribution is -2.32. The second-order valence-corrected chi connectivity index (χ2v) is 8.17. The van der Waals surface area contributed by atoms with Crippen LogP contribution in [0.15, 0.2) is 79.3 Å². The molecular formula is C27H25FN6O. The van der Waals surface area contributed by atoms with E-state index in [0.29, 0.717) is 25.3 Å². The molecule has 1 amide bonds. The number of nitrogens with zero attached hydrogens (tertiary/aromatic N) is 4. The number of rotatable bonds is 9. The van der Waals surface area contributed by atoms with Gasteiger partial charge in [-0.3, -0.25) is 9.48 Å². The van der Waals surface area contributed by atoms with Crippen molar-refractivity contribution in [3.63, 3.8) is 0 Å². The van der Waals surface area contributed by atoms with Gasteiger partial charge in [0.2, 0.25) is 5.91 Å². The number of nitriles is 1. The van der Waals surface area contributed by atoms with Crippen molar-refractivity contribution in [2.75, 3.05) is 18.4 Å². The van der Waals surface area contributed by atoms with Crippen LogP contribution in [0.1, 0.15) is 22.6 Å². The number of hydrogen-bond acceptors (Lipinski definition) is 5. The van der Waals surface area contributed by atoms with Gasteiger partial charge < -0.3 is 10.6 Å². The molecule has 4 rings (SSSR count). The smallest absolute Gasteiger partial charge is 0.234 e. The Bertz CT molecular complexity index is 1330. The summed E-state index contributed by atoms with van der Waals surface area (Å²) in [4.78, 5) is 17.6. The van der Waals surface area contributed by atoms with E-state index in [2.05, 4.69) is 20.7 Å². The lowest BCUT2D eigenvalue weighted by Gasteiger charge is -2.18. The minimum atomic E-state index is -0.520. The molecule has 0 fully saturated rings. The van der Waals surface area contributed by atoms with Crippen molar-refractivity contribution in [1.82, 2.24) is 20.1 Å². The normalized spacial score (nSPS) is 11.6.